The predicted octanol–water partition coefficient (Wildman–Crippen LogP) is 3.01. The van der Waals surface area contributed by atoms with Crippen LogP contribution in [-0.2, 0) is 17.8 Å². The summed E-state index contributed by atoms with van der Waals surface area (Å²) in [7, 11) is 0. The number of hydrogen-bond acceptors (Lipinski definition) is 2. The number of aryl methyl sites for hydroxylation is 1. The van der Waals surface area contributed by atoms with E-state index in [-0.39, 0.29) is 5.91 Å². The molecule has 1 amide bonds. The molecule has 0 saturated heterocycles. The first-order valence-corrected chi connectivity index (χ1v) is 6.86. The predicted molar refractivity (Wildman–Crippen MR) is 78.7 cm³/mol. The van der Waals surface area contributed by atoms with Crippen LogP contribution in [0.2, 0.25) is 0 Å². The van der Waals surface area contributed by atoms with Gasteiger partial charge in [-0.1, -0.05) is 34.1 Å². The van der Waals surface area contributed by atoms with Gasteiger partial charge >= 0.3 is 0 Å². The minimum Gasteiger partial charge on any atom is -0.352 e. The van der Waals surface area contributed by atoms with Gasteiger partial charge in [-0.3, -0.25) is 9.78 Å². The van der Waals surface area contributed by atoms with Crippen LogP contribution in [0.1, 0.15) is 16.8 Å². The van der Waals surface area contributed by atoms with Crippen molar-refractivity contribution in [2.75, 3.05) is 0 Å². The lowest BCUT2D eigenvalue weighted by Gasteiger charge is -2.07. The molecule has 0 saturated carbocycles. The summed E-state index contributed by atoms with van der Waals surface area (Å²) in [5.41, 5.74) is 2.95. The van der Waals surface area contributed by atoms with E-state index in [1.807, 2.05) is 43.3 Å². The molecule has 0 atom stereocenters. The Hall–Kier alpha value is -1.68. The molecular formula is C15H15BrN2O. The van der Waals surface area contributed by atoms with E-state index in [0.29, 0.717) is 13.0 Å². The molecule has 1 aromatic carbocycles. The Morgan fingerprint density at radius 2 is 2.00 bits per heavy atom. The van der Waals surface area contributed by atoms with Crippen molar-refractivity contribution >= 4 is 21.8 Å². The van der Waals surface area contributed by atoms with Crippen LogP contribution in [0.25, 0.3) is 0 Å². The molecular weight excluding hydrogens is 304 g/mol. The van der Waals surface area contributed by atoms with Gasteiger partial charge < -0.3 is 5.32 Å². The van der Waals surface area contributed by atoms with Crippen LogP contribution < -0.4 is 5.32 Å². The van der Waals surface area contributed by atoms with E-state index in [1.165, 1.54) is 0 Å². The van der Waals surface area contributed by atoms with Gasteiger partial charge in [0.2, 0.25) is 5.91 Å². The molecule has 1 aromatic heterocycles. The quantitative estimate of drug-likeness (QED) is 0.941. The average Bonchev–Trinajstić information content (AvgIpc) is 2.41. The molecule has 4 heteroatoms. The van der Waals surface area contributed by atoms with E-state index in [2.05, 4.69) is 26.2 Å². The number of carbonyl (C=O) groups excluding carboxylic acids is 1. The molecule has 0 unspecified atom stereocenters. The summed E-state index contributed by atoms with van der Waals surface area (Å²) in [5, 5.41) is 2.90. The molecule has 2 rings (SSSR count). The molecule has 0 fully saturated rings. The first-order chi connectivity index (χ1) is 9.15. The molecule has 2 aromatic rings. The second kappa shape index (κ2) is 6.48. The maximum absolute atomic E-state index is 11.8. The number of carbonyl (C=O) groups is 1. The van der Waals surface area contributed by atoms with E-state index >= 15 is 0 Å². The zero-order valence-electron chi connectivity index (χ0n) is 10.7. The van der Waals surface area contributed by atoms with Crippen molar-refractivity contribution in [3.8, 4) is 0 Å². The minimum absolute atomic E-state index is 0.00952. The second-order valence-corrected chi connectivity index (χ2v) is 5.26. The fraction of sp³-hybridized carbons (Fsp3) is 0.200. The first-order valence-electron chi connectivity index (χ1n) is 6.07. The molecule has 0 aliphatic heterocycles. The summed E-state index contributed by atoms with van der Waals surface area (Å²) in [4.78, 5) is 16.1. The van der Waals surface area contributed by atoms with Crippen LogP contribution in [0.4, 0.5) is 0 Å². The smallest absolute Gasteiger partial charge is 0.226 e. The standard InChI is InChI=1S/C15H15BrN2O/c1-11-3-2-8-17-14(11)9-15(19)18-10-12-4-6-13(16)7-5-12/h2-8H,9-10H2,1H3,(H,18,19). The van der Waals surface area contributed by atoms with Gasteiger partial charge in [0.05, 0.1) is 12.1 Å². The lowest BCUT2D eigenvalue weighted by atomic mass is 10.1. The number of pyridine rings is 1. The minimum atomic E-state index is -0.00952. The number of rotatable bonds is 4. The van der Waals surface area contributed by atoms with Crippen LogP contribution in [0.3, 0.4) is 0 Å². The molecule has 1 heterocycles. The molecule has 98 valence electrons. The maximum atomic E-state index is 11.8. The van der Waals surface area contributed by atoms with Gasteiger partial charge in [0.25, 0.3) is 0 Å². The third-order valence-electron chi connectivity index (χ3n) is 2.85. The summed E-state index contributed by atoms with van der Waals surface area (Å²) in [6, 6.07) is 11.7. The monoisotopic (exact) mass is 318 g/mol. The van der Waals surface area contributed by atoms with Crippen LogP contribution in [0, 0.1) is 6.92 Å². The number of halogens is 1. The Kier molecular flexibility index (Phi) is 4.68. The van der Waals surface area contributed by atoms with E-state index in [0.717, 1.165) is 21.3 Å². The molecule has 3 nitrogen and oxygen atoms in total. The van der Waals surface area contributed by atoms with Crippen molar-refractivity contribution in [1.82, 2.24) is 10.3 Å². The van der Waals surface area contributed by atoms with Gasteiger partial charge in [-0.2, -0.15) is 0 Å². The third kappa shape index (κ3) is 4.17. The van der Waals surface area contributed by atoms with Gasteiger partial charge in [-0.15, -0.1) is 0 Å². The lowest BCUT2D eigenvalue weighted by Crippen LogP contribution is -2.25. The summed E-state index contributed by atoms with van der Waals surface area (Å²) < 4.78 is 1.03. The van der Waals surface area contributed by atoms with Gasteiger partial charge in [0, 0.05) is 17.2 Å². The molecule has 0 bridgehead atoms. The van der Waals surface area contributed by atoms with Crippen molar-refractivity contribution in [3.05, 3.63) is 63.9 Å². The highest BCUT2D eigenvalue weighted by atomic mass is 79.9. The summed E-state index contributed by atoms with van der Waals surface area (Å²) in [6.45, 7) is 2.50. The lowest BCUT2D eigenvalue weighted by molar-refractivity contribution is -0.120. The van der Waals surface area contributed by atoms with Crippen LogP contribution in [0.5, 0.6) is 0 Å². The number of nitrogens with zero attached hydrogens (tertiary/aromatic N) is 1. The summed E-state index contributed by atoms with van der Waals surface area (Å²) in [6.07, 6.45) is 2.04. The fourth-order valence-electron chi connectivity index (χ4n) is 1.72. The zero-order valence-corrected chi connectivity index (χ0v) is 12.3. The van der Waals surface area contributed by atoms with Gasteiger partial charge in [0.1, 0.15) is 0 Å². The van der Waals surface area contributed by atoms with E-state index < -0.39 is 0 Å². The molecule has 1 N–H and O–H groups in total. The Balaban J connectivity index is 1.88. The van der Waals surface area contributed by atoms with E-state index in [4.69, 9.17) is 0 Å². The SMILES string of the molecule is Cc1cccnc1CC(=O)NCc1ccc(Br)cc1. The van der Waals surface area contributed by atoms with Crippen LogP contribution in [0.15, 0.2) is 47.1 Å². The maximum Gasteiger partial charge on any atom is 0.226 e. The van der Waals surface area contributed by atoms with Gasteiger partial charge in [-0.05, 0) is 36.2 Å². The van der Waals surface area contributed by atoms with Crippen molar-refractivity contribution in [2.45, 2.75) is 19.9 Å². The molecule has 0 aliphatic rings. The summed E-state index contributed by atoms with van der Waals surface area (Å²) in [5.74, 6) is -0.00952. The highest BCUT2D eigenvalue weighted by molar-refractivity contribution is 9.10. The Labute approximate surface area is 121 Å². The highest BCUT2D eigenvalue weighted by Gasteiger charge is 2.06. The number of aromatic nitrogens is 1. The molecule has 19 heavy (non-hydrogen) atoms. The van der Waals surface area contributed by atoms with Crippen LogP contribution in [-0.4, -0.2) is 10.9 Å². The van der Waals surface area contributed by atoms with Crippen LogP contribution >= 0.6 is 15.9 Å². The Morgan fingerprint density at radius 3 is 2.68 bits per heavy atom. The zero-order chi connectivity index (χ0) is 13.7. The van der Waals surface area contributed by atoms with E-state index in [9.17, 15) is 4.79 Å². The topological polar surface area (TPSA) is 42.0 Å². The second-order valence-electron chi connectivity index (χ2n) is 4.35. The largest absolute Gasteiger partial charge is 0.352 e. The highest BCUT2D eigenvalue weighted by Crippen LogP contribution is 2.10. The number of benzene rings is 1. The van der Waals surface area contributed by atoms with Gasteiger partial charge in [-0.25, -0.2) is 0 Å². The number of hydrogen-bond donors (Lipinski definition) is 1. The van der Waals surface area contributed by atoms with Crippen molar-refractivity contribution in [3.63, 3.8) is 0 Å². The summed E-state index contributed by atoms with van der Waals surface area (Å²) >= 11 is 3.38. The van der Waals surface area contributed by atoms with Crippen molar-refractivity contribution in [2.24, 2.45) is 0 Å². The average molecular weight is 319 g/mol. The third-order valence-corrected chi connectivity index (χ3v) is 3.38. The number of amides is 1. The van der Waals surface area contributed by atoms with Crippen molar-refractivity contribution in [1.29, 1.82) is 0 Å². The normalized spacial score (nSPS) is 10.2. The van der Waals surface area contributed by atoms with Crippen molar-refractivity contribution < 1.29 is 4.79 Å². The number of nitrogens with one attached hydrogen (secondary N) is 1. The molecule has 0 aliphatic carbocycles. The molecule has 0 radical (unpaired) electrons. The Bertz CT molecular complexity index is 567. The Morgan fingerprint density at radius 1 is 1.26 bits per heavy atom. The van der Waals surface area contributed by atoms with Gasteiger partial charge in [0.15, 0.2) is 0 Å². The van der Waals surface area contributed by atoms with E-state index in [1.54, 1.807) is 6.20 Å². The first kappa shape index (κ1) is 13.7. The fourth-order valence-corrected chi connectivity index (χ4v) is 1.99. The molecule has 0 spiro atoms.